The Bertz CT molecular complexity index is 654. The predicted octanol–water partition coefficient (Wildman–Crippen LogP) is 4.20. The largest absolute Gasteiger partial charge is 0.352 e. The highest BCUT2D eigenvalue weighted by atomic mass is 79.9. The number of hydrogen-bond acceptors (Lipinski definition) is 3. The lowest BCUT2D eigenvalue weighted by Gasteiger charge is -2.18. The molecule has 1 rings (SSSR count). The third kappa shape index (κ3) is 5.77. The van der Waals surface area contributed by atoms with Gasteiger partial charge in [-0.2, -0.15) is 0 Å². The van der Waals surface area contributed by atoms with Crippen molar-refractivity contribution < 1.29 is 13.2 Å². The summed E-state index contributed by atoms with van der Waals surface area (Å²) in [4.78, 5) is 11.9. The van der Waals surface area contributed by atoms with Crippen LogP contribution in [0.25, 0.3) is 0 Å². The van der Waals surface area contributed by atoms with Crippen molar-refractivity contribution in [2.24, 2.45) is 5.41 Å². The van der Waals surface area contributed by atoms with Crippen LogP contribution in [-0.4, -0.2) is 20.9 Å². The molecule has 8 heteroatoms. The number of carbonyl (C=O) groups is 1. The first-order valence-corrected chi connectivity index (χ1v) is 9.62. The van der Waals surface area contributed by atoms with E-state index in [2.05, 4.69) is 42.0 Å². The van der Waals surface area contributed by atoms with Crippen molar-refractivity contribution in [2.45, 2.75) is 32.1 Å². The molecular weight excluding hydrogens is 401 g/mol. The molecule has 21 heavy (non-hydrogen) atoms. The van der Waals surface area contributed by atoms with E-state index in [-0.39, 0.29) is 25.4 Å². The molecule has 0 saturated carbocycles. The summed E-state index contributed by atoms with van der Waals surface area (Å²) in [5, 5.41) is 2.87. The quantitative estimate of drug-likeness (QED) is 0.748. The van der Waals surface area contributed by atoms with Gasteiger partial charge in [0.05, 0.1) is 15.5 Å². The molecule has 4 nitrogen and oxygen atoms in total. The summed E-state index contributed by atoms with van der Waals surface area (Å²) >= 11 is 9.05. The second kappa shape index (κ2) is 6.86. The minimum atomic E-state index is -3.96. The lowest BCUT2D eigenvalue weighted by Crippen LogP contribution is -2.27. The van der Waals surface area contributed by atoms with Crippen LogP contribution in [0.15, 0.2) is 21.5 Å². The van der Waals surface area contributed by atoms with Crippen LogP contribution in [0.3, 0.4) is 0 Å². The van der Waals surface area contributed by atoms with Gasteiger partial charge in [0.25, 0.3) is 15.0 Å². The van der Waals surface area contributed by atoms with Crippen molar-refractivity contribution in [3.8, 4) is 0 Å². The highest BCUT2D eigenvalue weighted by Crippen LogP contribution is 2.31. The van der Waals surface area contributed by atoms with E-state index >= 15 is 0 Å². The van der Waals surface area contributed by atoms with E-state index in [0.29, 0.717) is 6.54 Å². The van der Waals surface area contributed by atoms with Gasteiger partial charge in [-0.15, -0.1) is 0 Å². The van der Waals surface area contributed by atoms with Gasteiger partial charge in [-0.25, -0.2) is 8.42 Å². The fraction of sp³-hybridized carbons (Fsp3) is 0.462. The second-order valence-electron chi connectivity index (χ2n) is 5.77. The zero-order valence-electron chi connectivity index (χ0n) is 11.8. The Kier molecular flexibility index (Phi) is 6.12. The smallest absolute Gasteiger partial charge is 0.262 e. The topological polar surface area (TPSA) is 63.2 Å². The molecule has 1 N–H and O–H groups in total. The molecule has 0 aliphatic carbocycles. The maximum absolute atomic E-state index is 12.1. The van der Waals surface area contributed by atoms with Gasteiger partial charge in [0, 0.05) is 21.7 Å². The van der Waals surface area contributed by atoms with Gasteiger partial charge in [-0.05, 0) is 39.9 Å². The van der Waals surface area contributed by atoms with Crippen molar-refractivity contribution >= 4 is 53.2 Å². The third-order valence-electron chi connectivity index (χ3n) is 2.69. The van der Waals surface area contributed by atoms with Crippen LogP contribution in [-0.2, 0) is 9.05 Å². The maximum atomic E-state index is 12.1. The first kappa shape index (κ1) is 18.7. The van der Waals surface area contributed by atoms with E-state index < -0.39 is 15.0 Å². The van der Waals surface area contributed by atoms with Gasteiger partial charge in [0.1, 0.15) is 0 Å². The zero-order chi connectivity index (χ0) is 16.4. The second-order valence-corrected chi connectivity index (χ2v) is 9.56. The lowest BCUT2D eigenvalue weighted by atomic mass is 9.92. The van der Waals surface area contributed by atoms with E-state index in [1.807, 2.05) is 0 Å². The molecule has 0 aliphatic heterocycles. The summed E-state index contributed by atoms with van der Waals surface area (Å²) < 4.78 is 23.1. The summed E-state index contributed by atoms with van der Waals surface area (Å²) in [6.07, 6.45) is 0.785. The van der Waals surface area contributed by atoms with Crippen LogP contribution in [0, 0.1) is 5.41 Å². The lowest BCUT2D eigenvalue weighted by molar-refractivity contribution is 0.0949. The Balaban J connectivity index is 3.00. The summed E-state index contributed by atoms with van der Waals surface area (Å²) in [5.74, 6) is -0.432. The summed E-state index contributed by atoms with van der Waals surface area (Å²) in [7, 11) is 1.36. The summed E-state index contributed by atoms with van der Waals surface area (Å²) in [6.45, 7) is 6.65. The minimum Gasteiger partial charge on any atom is -0.352 e. The van der Waals surface area contributed by atoms with Crippen LogP contribution in [0.5, 0.6) is 0 Å². The van der Waals surface area contributed by atoms with Gasteiger partial charge in [-0.3, -0.25) is 4.79 Å². The molecule has 118 valence electrons. The molecule has 1 aromatic carbocycles. The number of carbonyl (C=O) groups excluding carboxylic acids is 1. The summed E-state index contributed by atoms with van der Waals surface area (Å²) in [6, 6.07) is 2.51. The molecule has 0 radical (unpaired) electrons. The standard InChI is InChI=1S/C13H16BrCl2NO3S/c1-13(2,3)4-5-17-12(18)8-6-11(21(16,19)20)9(14)7-10(8)15/h6-7H,4-5H2,1-3H3,(H,17,18). The van der Waals surface area contributed by atoms with Crippen LogP contribution in [0.4, 0.5) is 0 Å². The van der Waals surface area contributed by atoms with Crippen LogP contribution in [0.2, 0.25) is 5.02 Å². The van der Waals surface area contributed by atoms with Crippen LogP contribution < -0.4 is 5.32 Å². The Morgan fingerprint density at radius 2 is 1.90 bits per heavy atom. The number of benzene rings is 1. The Morgan fingerprint density at radius 1 is 1.33 bits per heavy atom. The molecule has 0 heterocycles. The Labute approximate surface area is 142 Å². The zero-order valence-corrected chi connectivity index (χ0v) is 15.8. The molecule has 0 aliphatic rings. The van der Waals surface area contributed by atoms with E-state index in [1.165, 1.54) is 12.1 Å². The van der Waals surface area contributed by atoms with Gasteiger partial charge < -0.3 is 5.32 Å². The maximum Gasteiger partial charge on any atom is 0.262 e. The van der Waals surface area contributed by atoms with Gasteiger partial charge in [0.2, 0.25) is 0 Å². The van der Waals surface area contributed by atoms with Crippen molar-refractivity contribution in [2.75, 3.05) is 6.54 Å². The first-order valence-electron chi connectivity index (χ1n) is 6.14. The van der Waals surface area contributed by atoms with Gasteiger partial charge in [-0.1, -0.05) is 32.4 Å². The van der Waals surface area contributed by atoms with E-state index in [0.717, 1.165) is 6.42 Å². The van der Waals surface area contributed by atoms with Gasteiger partial charge >= 0.3 is 0 Å². The molecule has 0 fully saturated rings. The van der Waals surface area contributed by atoms with Crippen LogP contribution >= 0.6 is 38.2 Å². The van der Waals surface area contributed by atoms with Crippen molar-refractivity contribution in [3.63, 3.8) is 0 Å². The Hall–Kier alpha value is -0.300. The highest BCUT2D eigenvalue weighted by Gasteiger charge is 2.21. The average molecular weight is 417 g/mol. The monoisotopic (exact) mass is 415 g/mol. The van der Waals surface area contributed by atoms with E-state index in [4.69, 9.17) is 22.3 Å². The number of halogens is 3. The predicted molar refractivity (Wildman–Crippen MR) is 88.6 cm³/mol. The van der Waals surface area contributed by atoms with E-state index in [9.17, 15) is 13.2 Å². The molecule has 0 aromatic heterocycles. The van der Waals surface area contributed by atoms with E-state index in [1.54, 1.807) is 0 Å². The molecule has 0 bridgehead atoms. The molecular formula is C13H16BrCl2NO3S. The number of rotatable bonds is 4. The van der Waals surface area contributed by atoms with Crippen molar-refractivity contribution in [3.05, 3.63) is 27.2 Å². The molecule has 0 atom stereocenters. The van der Waals surface area contributed by atoms with Gasteiger partial charge in [0.15, 0.2) is 0 Å². The summed E-state index contributed by atoms with van der Waals surface area (Å²) in [5.41, 5.74) is 0.162. The van der Waals surface area contributed by atoms with Crippen molar-refractivity contribution in [1.29, 1.82) is 0 Å². The first-order chi connectivity index (χ1) is 9.42. The molecule has 0 saturated heterocycles. The Morgan fingerprint density at radius 3 is 2.38 bits per heavy atom. The normalized spacial score (nSPS) is 12.3. The number of nitrogens with one attached hydrogen (secondary N) is 1. The van der Waals surface area contributed by atoms with Crippen molar-refractivity contribution in [1.82, 2.24) is 5.32 Å². The highest BCUT2D eigenvalue weighted by molar-refractivity contribution is 9.10. The fourth-order valence-corrected chi connectivity index (χ4v) is 4.11. The molecule has 1 aromatic rings. The molecule has 0 spiro atoms. The average Bonchev–Trinajstić information content (AvgIpc) is 2.24. The number of amides is 1. The van der Waals surface area contributed by atoms with Crippen LogP contribution in [0.1, 0.15) is 37.6 Å². The third-order valence-corrected chi connectivity index (χ3v) is 5.28. The molecule has 1 amide bonds. The SMILES string of the molecule is CC(C)(C)CCNC(=O)c1cc(S(=O)(=O)Cl)c(Br)cc1Cl. The molecule has 0 unspecified atom stereocenters. The minimum absolute atomic E-state index is 0.0769. The fourth-order valence-electron chi connectivity index (χ4n) is 1.54. The number of hydrogen-bond donors (Lipinski definition) is 1.